The van der Waals surface area contributed by atoms with Crippen LogP contribution >= 0.6 is 0 Å². The molecule has 3 N–H and O–H groups in total. The second kappa shape index (κ2) is 10.0. The topological polar surface area (TPSA) is 133 Å². The van der Waals surface area contributed by atoms with Gasteiger partial charge in [-0.3, -0.25) is 9.59 Å². The smallest absolute Gasteiger partial charge is 0.325 e. The van der Waals surface area contributed by atoms with Crippen LogP contribution in [0.2, 0.25) is 0 Å². The first-order valence-electron chi connectivity index (χ1n) is 9.35. The molecule has 160 valence electrons. The number of amides is 1. The van der Waals surface area contributed by atoms with Crippen molar-refractivity contribution in [1.82, 2.24) is 20.3 Å². The van der Waals surface area contributed by atoms with E-state index in [0.29, 0.717) is 23.0 Å². The Morgan fingerprint density at radius 1 is 0.968 bits per heavy atom. The molecular formula is C21H22N6O4. The number of anilines is 2. The van der Waals surface area contributed by atoms with E-state index in [-0.39, 0.29) is 24.9 Å². The fourth-order valence-electron chi connectivity index (χ4n) is 2.44. The molecule has 1 amide bonds. The number of esters is 1. The van der Waals surface area contributed by atoms with Crippen LogP contribution in [0.15, 0.2) is 54.6 Å². The number of aromatic nitrogens is 3. The number of nitrogen functional groups attached to an aromatic ring is 1. The number of para-hydroxylation sites is 1. The molecule has 0 unspecified atom stereocenters. The lowest BCUT2D eigenvalue weighted by molar-refractivity contribution is -0.143. The van der Waals surface area contributed by atoms with Gasteiger partial charge in [0, 0.05) is 19.7 Å². The normalized spacial score (nSPS) is 10.3. The highest BCUT2D eigenvalue weighted by molar-refractivity contribution is 5.96. The molecule has 2 aromatic carbocycles. The molecule has 1 aromatic heterocycles. The number of benzene rings is 2. The highest BCUT2D eigenvalue weighted by Gasteiger charge is 2.12. The van der Waals surface area contributed by atoms with Crippen molar-refractivity contribution in [3.8, 4) is 11.5 Å². The molecule has 1 heterocycles. The number of nitrogens with one attached hydrogen (secondary N) is 1. The van der Waals surface area contributed by atoms with Crippen molar-refractivity contribution in [2.45, 2.75) is 6.61 Å². The summed E-state index contributed by atoms with van der Waals surface area (Å²) < 4.78 is 10.8. The van der Waals surface area contributed by atoms with Crippen LogP contribution in [0.4, 0.5) is 11.9 Å². The first-order chi connectivity index (χ1) is 14.9. The monoisotopic (exact) mass is 422 g/mol. The Labute approximate surface area is 179 Å². The van der Waals surface area contributed by atoms with Crippen LogP contribution in [-0.2, 0) is 16.1 Å². The zero-order valence-electron chi connectivity index (χ0n) is 17.1. The Kier molecular flexibility index (Phi) is 6.94. The molecule has 0 aliphatic rings. The molecule has 3 rings (SSSR count). The van der Waals surface area contributed by atoms with Gasteiger partial charge in [0.1, 0.15) is 18.0 Å². The van der Waals surface area contributed by atoms with Gasteiger partial charge in [-0.1, -0.05) is 18.2 Å². The van der Waals surface area contributed by atoms with E-state index in [1.807, 2.05) is 30.3 Å². The third-order valence-electron chi connectivity index (χ3n) is 3.94. The lowest BCUT2D eigenvalue weighted by atomic mass is 10.2. The zero-order valence-corrected chi connectivity index (χ0v) is 17.1. The van der Waals surface area contributed by atoms with E-state index in [2.05, 4.69) is 20.3 Å². The van der Waals surface area contributed by atoms with Gasteiger partial charge in [0.25, 0.3) is 5.91 Å². The van der Waals surface area contributed by atoms with E-state index >= 15 is 0 Å². The number of carbonyl (C=O) groups is 2. The summed E-state index contributed by atoms with van der Waals surface area (Å²) in [5.74, 6) is 0.829. The van der Waals surface area contributed by atoms with Crippen molar-refractivity contribution >= 4 is 23.8 Å². The van der Waals surface area contributed by atoms with Gasteiger partial charge in [-0.25, -0.2) is 0 Å². The van der Waals surface area contributed by atoms with Crippen LogP contribution in [-0.4, -0.2) is 47.5 Å². The molecule has 0 fully saturated rings. The number of hydrogen-bond donors (Lipinski definition) is 2. The fourth-order valence-corrected chi connectivity index (χ4v) is 2.44. The maximum atomic E-state index is 12.2. The first kappa shape index (κ1) is 21.5. The van der Waals surface area contributed by atoms with Gasteiger partial charge >= 0.3 is 5.97 Å². The van der Waals surface area contributed by atoms with E-state index in [1.165, 1.54) is 0 Å². The summed E-state index contributed by atoms with van der Waals surface area (Å²) in [6.45, 7) is -0.490. The summed E-state index contributed by atoms with van der Waals surface area (Å²) in [6, 6.07) is 15.9. The highest BCUT2D eigenvalue weighted by Crippen LogP contribution is 2.21. The molecule has 3 aromatic rings. The molecule has 0 aliphatic heterocycles. The summed E-state index contributed by atoms with van der Waals surface area (Å²) in [5.41, 5.74) is 6.01. The van der Waals surface area contributed by atoms with Crippen molar-refractivity contribution in [3.63, 3.8) is 0 Å². The van der Waals surface area contributed by atoms with Crippen molar-refractivity contribution in [2.75, 3.05) is 31.3 Å². The molecule has 0 saturated heterocycles. The average Bonchev–Trinajstić information content (AvgIpc) is 2.77. The van der Waals surface area contributed by atoms with E-state index < -0.39 is 11.9 Å². The first-order valence-corrected chi connectivity index (χ1v) is 9.35. The van der Waals surface area contributed by atoms with Crippen LogP contribution in [0.1, 0.15) is 16.2 Å². The van der Waals surface area contributed by atoms with Gasteiger partial charge in [0.15, 0.2) is 12.4 Å². The molecule has 0 bridgehead atoms. The molecule has 10 heteroatoms. The van der Waals surface area contributed by atoms with Gasteiger partial charge in [-0.15, -0.1) is 0 Å². The van der Waals surface area contributed by atoms with Crippen molar-refractivity contribution in [2.24, 2.45) is 0 Å². The molecule has 0 spiro atoms. The predicted molar refractivity (Wildman–Crippen MR) is 114 cm³/mol. The van der Waals surface area contributed by atoms with Crippen molar-refractivity contribution in [1.29, 1.82) is 0 Å². The minimum absolute atomic E-state index is 0.0257. The van der Waals surface area contributed by atoms with E-state index in [1.54, 1.807) is 43.3 Å². The summed E-state index contributed by atoms with van der Waals surface area (Å²) in [7, 11) is 3.50. The number of hydrogen-bond acceptors (Lipinski definition) is 9. The Morgan fingerprint density at radius 3 is 2.32 bits per heavy atom. The summed E-state index contributed by atoms with van der Waals surface area (Å²) in [4.78, 5) is 37.9. The summed E-state index contributed by atoms with van der Waals surface area (Å²) >= 11 is 0. The fraction of sp³-hybridized carbons (Fsp3) is 0.190. The van der Waals surface area contributed by atoms with Crippen molar-refractivity contribution < 1.29 is 19.1 Å². The standard InChI is InChI=1S/C21H22N6O4/c1-27(2)21-25-17(24-20(22)26-21)13-30-18(28)12-23-19(29)14-8-10-16(11-9-14)31-15-6-4-3-5-7-15/h3-11H,12-13H2,1-2H3,(H,23,29)(H2,22,24,25,26). The van der Waals surface area contributed by atoms with Crippen LogP contribution < -0.4 is 20.7 Å². The Balaban J connectivity index is 1.47. The minimum atomic E-state index is -0.636. The third-order valence-corrected chi connectivity index (χ3v) is 3.94. The van der Waals surface area contributed by atoms with Crippen molar-refractivity contribution in [3.05, 3.63) is 66.0 Å². The van der Waals surface area contributed by atoms with Gasteiger partial charge in [0.05, 0.1) is 0 Å². The third kappa shape index (κ3) is 6.39. The van der Waals surface area contributed by atoms with E-state index in [0.717, 1.165) is 0 Å². The average molecular weight is 422 g/mol. The molecule has 0 atom stereocenters. The number of ether oxygens (including phenoxy) is 2. The maximum Gasteiger partial charge on any atom is 0.325 e. The van der Waals surface area contributed by atoms with Crippen LogP contribution in [0.5, 0.6) is 11.5 Å². The zero-order chi connectivity index (χ0) is 22.2. The molecule has 0 aliphatic carbocycles. The SMILES string of the molecule is CN(C)c1nc(N)nc(COC(=O)CNC(=O)c2ccc(Oc3ccccc3)cc2)n1. The molecule has 0 radical (unpaired) electrons. The predicted octanol–water partition coefficient (Wildman–Crippen LogP) is 1.79. The lowest BCUT2D eigenvalue weighted by Gasteiger charge is -2.11. The molecule has 31 heavy (non-hydrogen) atoms. The summed E-state index contributed by atoms with van der Waals surface area (Å²) in [5, 5.41) is 2.50. The lowest BCUT2D eigenvalue weighted by Crippen LogP contribution is -2.30. The number of rotatable bonds is 8. The van der Waals surface area contributed by atoms with Crippen LogP contribution in [0.25, 0.3) is 0 Å². The largest absolute Gasteiger partial charge is 0.457 e. The molecular weight excluding hydrogens is 400 g/mol. The minimum Gasteiger partial charge on any atom is -0.457 e. The molecule has 0 saturated carbocycles. The van der Waals surface area contributed by atoms with Gasteiger partial charge in [-0.05, 0) is 36.4 Å². The summed E-state index contributed by atoms with van der Waals surface area (Å²) in [6.07, 6.45) is 0. The second-order valence-corrected chi connectivity index (χ2v) is 6.59. The Bertz CT molecular complexity index is 1040. The van der Waals surface area contributed by atoms with Crippen LogP contribution in [0.3, 0.4) is 0 Å². The maximum absolute atomic E-state index is 12.2. The molecule has 10 nitrogen and oxygen atoms in total. The highest BCUT2D eigenvalue weighted by atomic mass is 16.5. The van der Waals surface area contributed by atoms with Gasteiger partial charge < -0.3 is 25.4 Å². The van der Waals surface area contributed by atoms with E-state index in [9.17, 15) is 9.59 Å². The van der Waals surface area contributed by atoms with E-state index in [4.69, 9.17) is 15.2 Å². The van der Waals surface area contributed by atoms with Gasteiger partial charge in [-0.2, -0.15) is 15.0 Å². The number of nitrogens with two attached hydrogens (primary N) is 1. The van der Waals surface area contributed by atoms with Crippen LogP contribution in [0, 0.1) is 0 Å². The second-order valence-electron chi connectivity index (χ2n) is 6.59. The Morgan fingerprint density at radius 2 is 1.65 bits per heavy atom. The Hall–Kier alpha value is -4.21. The quantitative estimate of drug-likeness (QED) is 0.521. The number of carbonyl (C=O) groups excluding carboxylic acids is 2. The number of nitrogens with zero attached hydrogens (tertiary/aromatic N) is 4. The van der Waals surface area contributed by atoms with Gasteiger partial charge in [0.2, 0.25) is 11.9 Å².